The number of pyridine rings is 1. The van der Waals surface area contributed by atoms with Gasteiger partial charge in [-0.05, 0) is 43.7 Å². The second kappa shape index (κ2) is 7.07. The van der Waals surface area contributed by atoms with E-state index in [1.807, 2.05) is 6.92 Å². The molecular formula is C20H20F2N4O3. The van der Waals surface area contributed by atoms with E-state index in [4.69, 9.17) is 14.9 Å². The molecule has 9 heteroatoms. The number of halogens is 2. The molecule has 1 aromatic carbocycles. The number of aromatic nitrogens is 1. The van der Waals surface area contributed by atoms with Crippen molar-refractivity contribution in [2.24, 2.45) is 5.92 Å². The molecule has 0 unspecified atom stereocenters. The fourth-order valence-electron chi connectivity index (χ4n) is 3.85. The molecule has 0 radical (unpaired) electrons. The Bertz CT molecular complexity index is 986. The maximum Gasteiger partial charge on any atom is 0.255 e. The van der Waals surface area contributed by atoms with Crippen LogP contribution in [0.15, 0.2) is 36.5 Å². The van der Waals surface area contributed by atoms with Crippen LogP contribution < -0.4 is 10.1 Å². The summed E-state index contributed by atoms with van der Waals surface area (Å²) in [5.74, 6) is -2.39. The van der Waals surface area contributed by atoms with Crippen molar-refractivity contribution in [3.05, 3.63) is 53.7 Å². The lowest BCUT2D eigenvalue weighted by atomic mass is 9.72. The summed E-state index contributed by atoms with van der Waals surface area (Å²) in [6, 6.07) is 6.57. The Kier molecular flexibility index (Phi) is 4.70. The highest BCUT2D eigenvalue weighted by Gasteiger charge is 2.54. The Morgan fingerprint density at radius 3 is 2.90 bits per heavy atom. The van der Waals surface area contributed by atoms with E-state index in [9.17, 15) is 13.6 Å². The predicted octanol–water partition coefficient (Wildman–Crippen LogP) is 2.77. The van der Waals surface area contributed by atoms with Crippen molar-refractivity contribution >= 4 is 11.9 Å². The summed E-state index contributed by atoms with van der Waals surface area (Å²) in [6.45, 7) is 1.84. The van der Waals surface area contributed by atoms with Crippen molar-refractivity contribution in [3.63, 3.8) is 0 Å². The van der Waals surface area contributed by atoms with E-state index in [0.29, 0.717) is 6.42 Å². The number of amides is 1. The van der Waals surface area contributed by atoms with E-state index in [2.05, 4.69) is 10.3 Å². The van der Waals surface area contributed by atoms with Crippen molar-refractivity contribution in [3.8, 4) is 11.6 Å². The summed E-state index contributed by atoms with van der Waals surface area (Å²) >= 11 is 0. The van der Waals surface area contributed by atoms with Gasteiger partial charge < -0.3 is 14.8 Å². The Morgan fingerprint density at radius 2 is 2.14 bits per heavy atom. The van der Waals surface area contributed by atoms with Crippen LogP contribution in [-0.4, -0.2) is 41.5 Å². The summed E-state index contributed by atoms with van der Waals surface area (Å²) in [5.41, 5.74) is -1.14. The third-order valence-corrected chi connectivity index (χ3v) is 5.42. The van der Waals surface area contributed by atoms with E-state index < -0.39 is 23.1 Å². The molecule has 0 spiro atoms. The van der Waals surface area contributed by atoms with Gasteiger partial charge in [0.2, 0.25) is 5.91 Å². The average molecular weight is 402 g/mol. The number of guanidine groups is 1. The standard InChI is InChI=1S/C20H20F2N4O3/c1-11-8-14-18(27)26(2)19(23)25-20(14,10-28-11)13-9-12(5-6-15(13)21)29-17-16(22)4-3-7-24-17/h3-7,9,11,14H,8,10H2,1-2H3,(H2,23,25)/t11-,14-,20+/m0/s1. The zero-order valence-corrected chi connectivity index (χ0v) is 15.9. The highest BCUT2D eigenvalue weighted by molar-refractivity contribution is 6.00. The van der Waals surface area contributed by atoms with Crippen molar-refractivity contribution in [1.82, 2.24) is 15.2 Å². The Morgan fingerprint density at radius 1 is 1.34 bits per heavy atom. The summed E-state index contributed by atoms with van der Waals surface area (Å²) in [5, 5.41) is 11.1. The Balaban J connectivity index is 1.78. The minimum absolute atomic E-state index is 0.000878. The van der Waals surface area contributed by atoms with Gasteiger partial charge >= 0.3 is 0 Å². The smallest absolute Gasteiger partial charge is 0.255 e. The minimum Gasteiger partial charge on any atom is -0.436 e. The van der Waals surface area contributed by atoms with Crippen molar-refractivity contribution in [2.45, 2.75) is 25.0 Å². The van der Waals surface area contributed by atoms with Gasteiger partial charge in [-0.2, -0.15) is 0 Å². The van der Waals surface area contributed by atoms with E-state index in [1.165, 1.54) is 48.5 Å². The summed E-state index contributed by atoms with van der Waals surface area (Å²) in [7, 11) is 1.50. The first-order chi connectivity index (χ1) is 13.8. The van der Waals surface area contributed by atoms with Gasteiger partial charge in [-0.3, -0.25) is 15.1 Å². The molecule has 3 heterocycles. The third-order valence-electron chi connectivity index (χ3n) is 5.42. The van der Waals surface area contributed by atoms with Crippen molar-refractivity contribution in [2.75, 3.05) is 13.7 Å². The quantitative estimate of drug-likeness (QED) is 0.824. The van der Waals surface area contributed by atoms with Gasteiger partial charge in [-0.25, -0.2) is 13.8 Å². The molecule has 4 rings (SSSR count). The lowest BCUT2D eigenvalue weighted by molar-refractivity contribution is -0.148. The predicted molar refractivity (Wildman–Crippen MR) is 99.5 cm³/mol. The molecular weight excluding hydrogens is 382 g/mol. The van der Waals surface area contributed by atoms with Crippen molar-refractivity contribution < 1.29 is 23.0 Å². The number of fused-ring (bicyclic) bond motifs is 1. The lowest BCUT2D eigenvalue weighted by Crippen LogP contribution is -2.69. The monoisotopic (exact) mass is 402 g/mol. The molecule has 0 bridgehead atoms. The maximum atomic E-state index is 15.0. The molecule has 2 saturated heterocycles. The number of ether oxygens (including phenoxy) is 2. The number of benzene rings is 1. The molecule has 2 aromatic rings. The number of nitrogens with zero attached hydrogens (tertiary/aromatic N) is 2. The SMILES string of the molecule is C[C@H]1C[C@H]2C(=O)N(C)C(=N)N[C@@]2(c2cc(Oc3ncccc3F)ccc2F)CO1. The minimum atomic E-state index is -1.26. The van der Waals surface area contributed by atoms with Crippen LogP contribution in [0.4, 0.5) is 8.78 Å². The maximum absolute atomic E-state index is 15.0. The third kappa shape index (κ3) is 3.21. The zero-order chi connectivity index (χ0) is 20.8. The second-order valence-electron chi connectivity index (χ2n) is 7.29. The number of hydrogen-bond donors (Lipinski definition) is 2. The van der Waals surface area contributed by atoms with Crippen LogP contribution in [0.3, 0.4) is 0 Å². The number of nitrogens with one attached hydrogen (secondary N) is 2. The van der Waals surface area contributed by atoms with Gasteiger partial charge in [0.25, 0.3) is 5.88 Å². The summed E-state index contributed by atoms with van der Waals surface area (Å²) in [6.07, 6.45) is 1.56. The second-order valence-corrected chi connectivity index (χ2v) is 7.29. The van der Waals surface area contributed by atoms with E-state index in [0.717, 1.165) is 0 Å². The molecule has 1 amide bonds. The van der Waals surface area contributed by atoms with Crippen LogP contribution in [0.25, 0.3) is 0 Å². The van der Waals surface area contributed by atoms with Crippen LogP contribution in [0.1, 0.15) is 18.9 Å². The van der Waals surface area contributed by atoms with Gasteiger partial charge in [0.1, 0.15) is 17.1 Å². The highest BCUT2D eigenvalue weighted by atomic mass is 19.1. The van der Waals surface area contributed by atoms with E-state index in [1.54, 1.807) is 0 Å². The largest absolute Gasteiger partial charge is 0.436 e. The summed E-state index contributed by atoms with van der Waals surface area (Å²) < 4.78 is 40.1. The van der Waals surface area contributed by atoms with Crippen molar-refractivity contribution in [1.29, 1.82) is 5.41 Å². The number of carbonyl (C=O) groups is 1. The molecule has 2 fully saturated rings. The van der Waals surface area contributed by atoms with E-state index in [-0.39, 0.29) is 41.8 Å². The molecule has 29 heavy (non-hydrogen) atoms. The van der Waals surface area contributed by atoms with Gasteiger partial charge in [-0.1, -0.05) is 0 Å². The van der Waals surface area contributed by atoms with E-state index >= 15 is 0 Å². The first-order valence-electron chi connectivity index (χ1n) is 9.16. The molecule has 7 nitrogen and oxygen atoms in total. The van der Waals surface area contributed by atoms with Gasteiger partial charge in [-0.15, -0.1) is 0 Å². The van der Waals surface area contributed by atoms with Gasteiger partial charge in [0.05, 0.1) is 18.6 Å². The number of carbonyl (C=O) groups excluding carboxylic acids is 1. The molecule has 0 aliphatic carbocycles. The van der Waals surface area contributed by atoms with Crippen LogP contribution in [-0.2, 0) is 15.1 Å². The van der Waals surface area contributed by atoms with Crippen LogP contribution in [0, 0.1) is 23.0 Å². The Labute approximate surface area is 166 Å². The molecule has 152 valence electrons. The lowest BCUT2D eigenvalue weighted by Gasteiger charge is -2.51. The zero-order valence-electron chi connectivity index (χ0n) is 15.9. The first kappa shape index (κ1) is 19.3. The van der Waals surface area contributed by atoms with Crippen LogP contribution in [0.2, 0.25) is 0 Å². The summed E-state index contributed by atoms with van der Waals surface area (Å²) in [4.78, 5) is 17.9. The normalized spacial score (nSPS) is 26.7. The van der Waals surface area contributed by atoms with Crippen LogP contribution >= 0.6 is 0 Å². The van der Waals surface area contributed by atoms with Crippen LogP contribution in [0.5, 0.6) is 11.6 Å². The van der Waals surface area contributed by atoms with Gasteiger partial charge in [0, 0.05) is 18.8 Å². The Hall–Kier alpha value is -3.07. The number of rotatable bonds is 3. The molecule has 0 saturated carbocycles. The molecule has 1 aromatic heterocycles. The fraction of sp³-hybridized carbons (Fsp3) is 0.350. The first-order valence-corrected chi connectivity index (χ1v) is 9.16. The molecule has 2 aliphatic heterocycles. The fourth-order valence-corrected chi connectivity index (χ4v) is 3.85. The topological polar surface area (TPSA) is 87.5 Å². The number of hydrogen-bond acceptors (Lipinski definition) is 5. The molecule has 3 atom stereocenters. The van der Waals surface area contributed by atoms with Gasteiger partial charge in [0.15, 0.2) is 11.8 Å². The average Bonchev–Trinajstić information content (AvgIpc) is 2.70. The highest BCUT2D eigenvalue weighted by Crippen LogP contribution is 2.43. The molecule has 2 aliphatic rings. The molecule has 2 N–H and O–H groups in total.